The molecule has 0 aliphatic carbocycles. The number of aliphatic hydroxyl groups is 1. The Bertz CT molecular complexity index is 954. The van der Waals surface area contributed by atoms with Gasteiger partial charge >= 0.3 is 5.97 Å². The van der Waals surface area contributed by atoms with Gasteiger partial charge in [0.1, 0.15) is 5.82 Å². The molecule has 0 bridgehead atoms. The van der Waals surface area contributed by atoms with Crippen LogP contribution in [0.2, 0.25) is 5.02 Å². The third kappa shape index (κ3) is 7.24. The zero-order valence-corrected chi connectivity index (χ0v) is 20.0. The summed E-state index contributed by atoms with van der Waals surface area (Å²) in [6.45, 7) is 5.15. The van der Waals surface area contributed by atoms with Gasteiger partial charge in [-0.3, -0.25) is 9.69 Å². The van der Waals surface area contributed by atoms with Gasteiger partial charge in [0.25, 0.3) is 0 Å². The summed E-state index contributed by atoms with van der Waals surface area (Å²) in [5.41, 5.74) is 3.24. The number of β-amino-alcohol motifs (C(OH)–C–C–N with tert-alkyl or cyclic N) is 1. The van der Waals surface area contributed by atoms with E-state index in [1.165, 1.54) is 0 Å². The first-order valence-corrected chi connectivity index (χ1v) is 11.9. The van der Waals surface area contributed by atoms with E-state index in [-0.39, 0.29) is 31.0 Å². The van der Waals surface area contributed by atoms with Crippen LogP contribution in [0.1, 0.15) is 54.5 Å². The molecular weight excluding hydrogens is 445 g/mol. The Balaban J connectivity index is 1.55. The normalized spacial score (nSPS) is 18.4. The van der Waals surface area contributed by atoms with Gasteiger partial charge in [-0.1, -0.05) is 35.9 Å². The Kier molecular flexibility index (Phi) is 9.27. The highest BCUT2D eigenvalue weighted by atomic mass is 35.5. The monoisotopic (exact) mass is 477 g/mol. The Morgan fingerprint density at radius 2 is 2.12 bits per heavy atom. The summed E-state index contributed by atoms with van der Waals surface area (Å²) in [4.78, 5) is 13.2. The SMILES string of the molecule is Cc1ccc(C[C@@H]2CCCN2C[C@@H](O)COC(C)c2c(Cl)cccc2CCC(=O)O)cc1F. The topological polar surface area (TPSA) is 70.0 Å². The van der Waals surface area contributed by atoms with Crippen LogP contribution in [-0.2, 0) is 22.4 Å². The van der Waals surface area contributed by atoms with E-state index in [2.05, 4.69) is 4.90 Å². The second-order valence-corrected chi connectivity index (χ2v) is 9.32. The first-order chi connectivity index (χ1) is 15.7. The zero-order valence-electron chi connectivity index (χ0n) is 19.3. The third-order valence-corrected chi connectivity index (χ3v) is 6.68. The van der Waals surface area contributed by atoms with E-state index >= 15 is 0 Å². The molecule has 2 N–H and O–H groups in total. The smallest absolute Gasteiger partial charge is 0.303 e. The molecule has 1 unspecified atom stereocenters. The summed E-state index contributed by atoms with van der Waals surface area (Å²) < 4.78 is 19.9. The van der Waals surface area contributed by atoms with Crippen LogP contribution in [0.15, 0.2) is 36.4 Å². The molecule has 0 spiro atoms. The molecule has 0 amide bonds. The summed E-state index contributed by atoms with van der Waals surface area (Å²) >= 11 is 6.38. The number of nitrogens with zero attached hydrogens (tertiary/aromatic N) is 1. The van der Waals surface area contributed by atoms with Gasteiger partial charge in [-0.25, -0.2) is 4.39 Å². The van der Waals surface area contributed by atoms with Gasteiger partial charge in [0.15, 0.2) is 0 Å². The summed E-state index contributed by atoms with van der Waals surface area (Å²) in [5.74, 6) is -1.04. The van der Waals surface area contributed by atoms with E-state index in [9.17, 15) is 14.3 Å². The van der Waals surface area contributed by atoms with E-state index in [0.717, 1.165) is 42.5 Å². The molecule has 0 saturated carbocycles. The molecule has 5 nitrogen and oxygen atoms in total. The van der Waals surface area contributed by atoms with Crippen molar-refractivity contribution in [2.75, 3.05) is 19.7 Å². The highest BCUT2D eigenvalue weighted by molar-refractivity contribution is 6.31. The lowest BCUT2D eigenvalue weighted by atomic mass is 9.99. The summed E-state index contributed by atoms with van der Waals surface area (Å²) in [6.07, 6.45) is 2.17. The van der Waals surface area contributed by atoms with E-state index in [1.807, 2.05) is 25.1 Å². The van der Waals surface area contributed by atoms with Gasteiger partial charge in [-0.05, 0) is 74.9 Å². The molecule has 180 valence electrons. The van der Waals surface area contributed by atoms with Gasteiger partial charge in [-0.2, -0.15) is 0 Å². The summed E-state index contributed by atoms with van der Waals surface area (Å²) in [5, 5.41) is 20.2. The molecule has 0 aromatic heterocycles. The van der Waals surface area contributed by atoms with Crippen molar-refractivity contribution >= 4 is 17.6 Å². The van der Waals surface area contributed by atoms with E-state index in [0.29, 0.717) is 23.6 Å². The van der Waals surface area contributed by atoms with Crippen LogP contribution in [0.5, 0.6) is 0 Å². The minimum Gasteiger partial charge on any atom is -0.481 e. The largest absolute Gasteiger partial charge is 0.481 e. The summed E-state index contributed by atoms with van der Waals surface area (Å²) in [6, 6.07) is 11.1. The van der Waals surface area contributed by atoms with Crippen molar-refractivity contribution in [3.63, 3.8) is 0 Å². The number of hydrogen-bond acceptors (Lipinski definition) is 4. The average Bonchev–Trinajstić information content (AvgIpc) is 3.19. The lowest BCUT2D eigenvalue weighted by Crippen LogP contribution is -2.39. The Morgan fingerprint density at radius 3 is 2.85 bits per heavy atom. The van der Waals surface area contributed by atoms with Crippen LogP contribution < -0.4 is 0 Å². The van der Waals surface area contributed by atoms with E-state index < -0.39 is 12.1 Å². The number of halogens is 2. The van der Waals surface area contributed by atoms with Crippen LogP contribution in [-0.4, -0.2) is 52.9 Å². The molecular formula is C26H33ClFNO4. The molecule has 7 heteroatoms. The molecule has 2 aromatic carbocycles. The Morgan fingerprint density at radius 1 is 1.33 bits per heavy atom. The molecule has 3 atom stereocenters. The lowest BCUT2D eigenvalue weighted by Gasteiger charge is -2.28. The first-order valence-electron chi connectivity index (χ1n) is 11.5. The van der Waals surface area contributed by atoms with Crippen molar-refractivity contribution in [2.45, 2.75) is 64.2 Å². The lowest BCUT2D eigenvalue weighted by molar-refractivity contribution is -0.136. The van der Waals surface area contributed by atoms with Gasteiger partial charge in [0.05, 0.1) is 18.8 Å². The number of likely N-dealkylation sites (tertiary alicyclic amines) is 1. The number of carboxylic acids is 1. The molecule has 33 heavy (non-hydrogen) atoms. The number of hydrogen-bond donors (Lipinski definition) is 2. The predicted molar refractivity (Wildman–Crippen MR) is 127 cm³/mol. The number of aliphatic hydroxyl groups excluding tert-OH is 1. The van der Waals surface area contributed by atoms with Crippen LogP contribution in [0.4, 0.5) is 4.39 Å². The van der Waals surface area contributed by atoms with Crippen LogP contribution in [0.3, 0.4) is 0 Å². The van der Waals surface area contributed by atoms with Crippen molar-refractivity contribution in [2.24, 2.45) is 0 Å². The molecule has 1 aliphatic heterocycles. The van der Waals surface area contributed by atoms with Crippen molar-refractivity contribution < 1.29 is 24.1 Å². The molecule has 1 heterocycles. The molecule has 3 rings (SSSR count). The van der Waals surface area contributed by atoms with Crippen LogP contribution in [0.25, 0.3) is 0 Å². The highest BCUT2D eigenvalue weighted by Crippen LogP contribution is 2.30. The van der Waals surface area contributed by atoms with Gasteiger partial charge in [-0.15, -0.1) is 0 Å². The van der Waals surface area contributed by atoms with Crippen molar-refractivity contribution in [1.82, 2.24) is 4.90 Å². The minimum absolute atomic E-state index is 0.0178. The average molecular weight is 478 g/mol. The summed E-state index contributed by atoms with van der Waals surface area (Å²) in [7, 11) is 0. The van der Waals surface area contributed by atoms with Gasteiger partial charge < -0.3 is 14.9 Å². The van der Waals surface area contributed by atoms with Gasteiger partial charge in [0.2, 0.25) is 0 Å². The molecule has 2 aromatic rings. The Hall–Kier alpha value is -1.99. The quantitative estimate of drug-likeness (QED) is 0.479. The Labute approximate surface area is 200 Å². The number of rotatable bonds is 11. The molecule has 1 fully saturated rings. The fourth-order valence-electron chi connectivity index (χ4n) is 4.56. The maximum Gasteiger partial charge on any atom is 0.303 e. The fourth-order valence-corrected chi connectivity index (χ4v) is 4.91. The number of aryl methyl sites for hydroxylation is 2. The number of aliphatic carboxylic acids is 1. The second-order valence-electron chi connectivity index (χ2n) is 8.91. The minimum atomic E-state index is -0.863. The standard InChI is InChI=1S/C26H33ClFNO4/c1-17-8-9-19(14-24(17)28)13-21-6-4-12-29(21)15-22(30)16-33-18(2)26-20(10-11-25(31)32)5-3-7-23(26)27/h3,5,7-9,14,18,21-22,30H,4,6,10-13,15-16H2,1-2H3,(H,31,32)/t18?,21-,22+/m0/s1. The number of ether oxygens (including phenoxy) is 1. The third-order valence-electron chi connectivity index (χ3n) is 6.35. The van der Waals surface area contributed by atoms with Crippen LogP contribution >= 0.6 is 11.6 Å². The number of carboxylic acid groups (broad SMARTS) is 1. The second kappa shape index (κ2) is 11.9. The maximum atomic E-state index is 13.9. The number of benzene rings is 2. The molecule has 1 saturated heterocycles. The fraction of sp³-hybridized carbons (Fsp3) is 0.500. The van der Waals surface area contributed by atoms with Crippen molar-refractivity contribution in [3.05, 3.63) is 69.5 Å². The maximum absolute atomic E-state index is 13.9. The molecule has 1 aliphatic rings. The van der Waals surface area contributed by atoms with Crippen LogP contribution in [0, 0.1) is 12.7 Å². The first kappa shape index (κ1) is 25.6. The van der Waals surface area contributed by atoms with E-state index in [4.69, 9.17) is 21.4 Å². The highest BCUT2D eigenvalue weighted by Gasteiger charge is 2.27. The molecule has 0 radical (unpaired) electrons. The predicted octanol–water partition coefficient (Wildman–Crippen LogP) is 4.95. The van der Waals surface area contributed by atoms with Gasteiger partial charge in [0, 0.05) is 29.6 Å². The van der Waals surface area contributed by atoms with Crippen molar-refractivity contribution in [1.29, 1.82) is 0 Å². The zero-order chi connectivity index (χ0) is 24.0. The number of carbonyl (C=O) groups is 1. The van der Waals surface area contributed by atoms with Crippen molar-refractivity contribution in [3.8, 4) is 0 Å². The van der Waals surface area contributed by atoms with E-state index in [1.54, 1.807) is 25.1 Å².